The Morgan fingerprint density at radius 1 is 1.35 bits per heavy atom. The van der Waals surface area contributed by atoms with Crippen LogP contribution in [0.25, 0.3) is 0 Å². The van der Waals surface area contributed by atoms with Gasteiger partial charge in [-0.1, -0.05) is 22.9 Å². The highest BCUT2D eigenvalue weighted by atomic mass is 16.2. The lowest BCUT2D eigenvalue weighted by atomic mass is 9.69. The summed E-state index contributed by atoms with van der Waals surface area (Å²) >= 11 is 0. The fourth-order valence-electron chi connectivity index (χ4n) is 4.06. The second kappa shape index (κ2) is 4.89. The number of carbonyl (C=O) groups excluding carboxylic acids is 1. The average molecular weight is 311 g/mol. The van der Waals surface area contributed by atoms with Gasteiger partial charge in [0.25, 0.3) is 0 Å². The van der Waals surface area contributed by atoms with Gasteiger partial charge in [-0.15, -0.1) is 5.10 Å². The summed E-state index contributed by atoms with van der Waals surface area (Å²) in [6, 6.07) is 6.47. The van der Waals surface area contributed by atoms with Gasteiger partial charge in [-0.2, -0.15) is 0 Å². The first-order valence-electron chi connectivity index (χ1n) is 8.03. The van der Waals surface area contributed by atoms with Crippen LogP contribution < -0.4 is 10.6 Å². The quantitative estimate of drug-likeness (QED) is 0.843. The predicted molar refractivity (Wildman–Crippen MR) is 87.1 cm³/mol. The fourth-order valence-corrected chi connectivity index (χ4v) is 4.06. The number of nitrogens with zero attached hydrogens (tertiary/aromatic N) is 3. The molecule has 0 saturated carbocycles. The molecule has 1 aromatic heterocycles. The monoisotopic (exact) mass is 311 g/mol. The minimum Gasteiger partial charge on any atom is -0.325 e. The molecule has 2 aliphatic heterocycles. The van der Waals surface area contributed by atoms with E-state index in [2.05, 4.69) is 40.9 Å². The lowest BCUT2D eigenvalue weighted by molar-refractivity contribution is -0.122. The maximum Gasteiger partial charge on any atom is 0.235 e. The second-order valence-corrected chi connectivity index (χ2v) is 6.93. The largest absolute Gasteiger partial charge is 0.325 e. The highest BCUT2D eigenvalue weighted by molar-refractivity contribution is 6.06. The van der Waals surface area contributed by atoms with Crippen molar-refractivity contribution >= 4 is 11.6 Å². The molecule has 0 radical (unpaired) electrons. The van der Waals surface area contributed by atoms with Crippen LogP contribution in [0, 0.1) is 6.92 Å². The maximum atomic E-state index is 12.9. The molecule has 3 heterocycles. The zero-order valence-corrected chi connectivity index (χ0v) is 13.6. The SMILES string of the molecule is Cc1ccc2c(c1)[C@]1(C[C@@H](c3cn(C)nn3)N[C@@H](C)C1)C(=O)N2. The molecule has 1 fully saturated rings. The number of hydrogen-bond acceptors (Lipinski definition) is 4. The molecule has 1 saturated heterocycles. The Hall–Kier alpha value is -2.21. The van der Waals surface area contributed by atoms with E-state index in [4.69, 9.17) is 0 Å². The van der Waals surface area contributed by atoms with Gasteiger partial charge in [-0.25, -0.2) is 0 Å². The van der Waals surface area contributed by atoms with Crippen molar-refractivity contribution in [2.24, 2.45) is 7.05 Å². The molecule has 6 heteroatoms. The summed E-state index contributed by atoms with van der Waals surface area (Å²) in [6.07, 6.45) is 3.43. The van der Waals surface area contributed by atoms with Gasteiger partial charge in [0, 0.05) is 25.0 Å². The number of benzene rings is 1. The van der Waals surface area contributed by atoms with Gasteiger partial charge >= 0.3 is 0 Å². The van der Waals surface area contributed by atoms with E-state index >= 15 is 0 Å². The third-order valence-electron chi connectivity index (χ3n) is 5.04. The first-order valence-corrected chi connectivity index (χ1v) is 8.03. The highest BCUT2D eigenvalue weighted by Crippen LogP contribution is 2.48. The van der Waals surface area contributed by atoms with Crippen molar-refractivity contribution in [3.05, 3.63) is 41.2 Å². The van der Waals surface area contributed by atoms with E-state index in [1.54, 1.807) is 4.68 Å². The number of carbonyl (C=O) groups is 1. The Morgan fingerprint density at radius 3 is 2.91 bits per heavy atom. The van der Waals surface area contributed by atoms with E-state index in [-0.39, 0.29) is 18.0 Å². The van der Waals surface area contributed by atoms with Crippen molar-refractivity contribution < 1.29 is 4.79 Å². The molecule has 3 atom stereocenters. The Bertz CT molecular complexity index is 783. The molecule has 120 valence electrons. The van der Waals surface area contributed by atoms with Gasteiger partial charge in [0.1, 0.15) is 0 Å². The van der Waals surface area contributed by atoms with Crippen molar-refractivity contribution in [2.45, 2.75) is 44.2 Å². The zero-order chi connectivity index (χ0) is 16.2. The van der Waals surface area contributed by atoms with E-state index in [0.29, 0.717) is 6.42 Å². The van der Waals surface area contributed by atoms with E-state index < -0.39 is 5.41 Å². The summed E-state index contributed by atoms with van der Waals surface area (Å²) in [6.45, 7) is 4.20. The molecule has 2 aromatic rings. The highest BCUT2D eigenvalue weighted by Gasteiger charge is 2.51. The summed E-state index contributed by atoms with van der Waals surface area (Å²) in [5.41, 5.74) is 3.68. The number of fused-ring (bicyclic) bond motifs is 2. The van der Waals surface area contributed by atoms with Gasteiger partial charge in [0.05, 0.1) is 17.2 Å². The standard InChI is InChI=1S/C17H21N5O/c1-10-4-5-13-12(6-10)17(16(23)19-13)7-11(2)18-14(8-17)15-9-22(3)21-20-15/h4-6,9,11,14,18H,7-8H2,1-3H3,(H,19,23)/t11-,14-,17-/m0/s1. The number of aromatic nitrogens is 3. The average Bonchev–Trinajstić information content (AvgIpc) is 3.03. The van der Waals surface area contributed by atoms with Crippen molar-refractivity contribution in [1.29, 1.82) is 0 Å². The smallest absolute Gasteiger partial charge is 0.235 e. The van der Waals surface area contributed by atoms with Crippen LogP contribution in [0.3, 0.4) is 0 Å². The van der Waals surface area contributed by atoms with Crippen LogP contribution in [0.1, 0.15) is 42.6 Å². The molecule has 0 aliphatic carbocycles. The normalized spacial score (nSPS) is 29.6. The first-order chi connectivity index (χ1) is 11.0. The van der Waals surface area contributed by atoms with E-state index in [1.807, 2.05) is 25.4 Å². The minimum atomic E-state index is -0.478. The van der Waals surface area contributed by atoms with Crippen LogP contribution in [0.5, 0.6) is 0 Å². The lowest BCUT2D eigenvalue weighted by Crippen LogP contribution is -2.50. The van der Waals surface area contributed by atoms with E-state index in [0.717, 1.165) is 23.4 Å². The number of aryl methyl sites for hydroxylation is 2. The van der Waals surface area contributed by atoms with Crippen molar-refractivity contribution in [1.82, 2.24) is 20.3 Å². The van der Waals surface area contributed by atoms with Gasteiger partial charge < -0.3 is 10.6 Å². The molecule has 1 spiro atoms. The van der Waals surface area contributed by atoms with Crippen LogP contribution in [0.15, 0.2) is 24.4 Å². The summed E-state index contributed by atoms with van der Waals surface area (Å²) in [5, 5.41) is 14.9. The summed E-state index contributed by atoms with van der Waals surface area (Å²) in [5.74, 6) is 0.111. The third-order valence-corrected chi connectivity index (χ3v) is 5.04. The Balaban J connectivity index is 1.78. The van der Waals surface area contributed by atoms with Crippen molar-refractivity contribution in [2.75, 3.05) is 5.32 Å². The van der Waals surface area contributed by atoms with Crippen LogP contribution in [-0.2, 0) is 17.3 Å². The molecule has 23 heavy (non-hydrogen) atoms. The fraction of sp³-hybridized carbons (Fsp3) is 0.471. The van der Waals surface area contributed by atoms with Crippen molar-refractivity contribution in [3.8, 4) is 0 Å². The topological polar surface area (TPSA) is 71.8 Å². The molecule has 4 rings (SSSR count). The second-order valence-electron chi connectivity index (χ2n) is 6.93. The van der Waals surface area contributed by atoms with Gasteiger partial charge in [0.2, 0.25) is 5.91 Å². The molecule has 1 aromatic carbocycles. The molecule has 0 unspecified atom stereocenters. The maximum absolute atomic E-state index is 12.9. The third kappa shape index (κ3) is 2.16. The number of piperidine rings is 1. The summed E-state index contributed by atoms with van der Waals surface area (Å²) in [4.78, 5) is 12.9. The molecule has 2 N–H and O–H groups in total. The molecular weight excluding hydrogens is 290 g/mol. The van der Waals surface area contributed by atoms with Crippen LogP contribution >= 0.6 is 0 Å². The minimum absolute atomic E-state index is 0.0321. The number of hydrogen-bond donors (Lipinski definition) is 2. The summed E-state index contributed by atoms with van der Waals surface area (Å²) in [7, 11) is 1.86. The van der Waals surface area contributed by atoms with Gasteiger partial charge in [0.15, 0.2) is 0 Å². The number of rotatable bonds is 1. The molecule has 0 bridgehead atoms. The Labute approximate surface area is 135 Å². The Morgan fingerprint density at radius 2 is 2.17 bits per heavy atom. The number of nitrogens with one attached hydrogen (secondary N) is 2. The zero-order valence-electron chi connectivity index (χ0n) is 13.6. The molecular formula is C17H21N5O. The molecule has 1 amide bonds. The predicted octanol–water partition coefficient (Wildman–Crippen LogP) is 1.83. The molecule has 6 nitrogen and oxygen atoms in total. The van der Waals surface area contributed by atoms with Crippen LogP contribution in [0.4, 0.5) is 5.69 Å². The van der Waals surface area contributed by atoms with Crippen molar-refractivity contribution in [3.63, 3.8) is 0 Å². The van der Waals surface area contributed by atoms with Gasteiger partial charge in [-0.3, -0.25) is 9.48 Å². The summed E-state index contributed by atoms with van der Waals surface area (Å²) < 4.78 is 1.70. The van der Waals surface area contributed by atoms with E-state index in [9.17, 15) is 4.79 Å². The lowest BCUT2D eigenvalue weighted by Gasteiger charge is -2.40. The van der Waals surface area contributed by atoms with Gasteiger partial charge in [-0.05, 0) is 38.3 Å². The Kier molecular flexibility index (Phi) is 3.06. The number of amides is 1. The van der Waals surface area contributed by atoms with Crippen LogP contribution in [0.2, 0.25) is 0 Å². The van der Waals surface area contributed by atoms with Crippen LogP contribution in [-0.4, -0.2) is 26.9 Å². The molecule has 2 aliphatic rings. The number of anilines is 1. The van der Waals surface area contributed by atoms with E-state index in [1.165, 1.54) is 5.56 Å². The first kappa shape index (κ1) is 14.4.